The molecule has 140 valence electrons. The van der Waals surface area contributed by atoms with Crippen molar-refractivity contribution in [3.63, 3.8) is 0 Å². The fourth-order valence-corrected chi connectivity index (χ4v) is 3.77. The number of furan rings is 1. The Kier molecular flexibility index (Phi) is 5.42. The van der Waals surface area contributed by atoms with Gasteiger partial charge in [-0.05, 0) is 25.0 Å². The van der Waals surface area contributed by atoms with Crippen molar-refractivity contribution < 1.29 is 40.7 Å². The standard InChI is InChI=1S/C13H15F3N2O6S/c14-13(15,16)7-17-11(19)8-3-5-18(6-4-8)25(22,23)10-2-1-9(24-10)12(20)21/h1-2,8H,3-7H2,(H,17,19)(H,20,21). The maximum atomic E-state index is 12.3. The molecule has 1 fully saturated rings. The number of carbonyl (C=O) groups is 2. The first-order chi connectivity index (χ1) is 11.5. The second-order valence-electron chi connectivity index (χ2n) is 5.44. The number of nitrogens with one attached hydrogen (secondary N) is 1. The number of hydrogen-bond donors (Lipinski definition) is 2. The van der Waals surface area contributed by atoms with Gasteiger partial charge in [-0.3, -0.25) is 4.79 Å². The SMILES string of the molecule is O=C(O)c1ccc(S(=O)(=O)N2CCC(C(=O)NCC(F)(F)F)CC2)o1. The number of carboxylic acids is 1. The molecule has 2 rings (SSSR count). The summed E-state index contributed by atoms with van der Waals surface area (Å²) in [4.78, 5) is 22.4. The quantitative estimate of drug-likeness (QED) is 0.784. The number of hydrogen-bond acceptors (Lipinski definition) is 5. The highest BCUT2D eigenvalue weighted by atomic mass is 32.2. The summed E-state index contributed by atoms with van der Waals surface area (Å²) in [6.45, 7) is -1.61. The van der Waals surface area contributed by atoms with Crippen LogP contribution in [0.5, 0.6) is 0 Å². The van der Waals surface area contributed by atoms with Crippen molar-refractivity contribution in [2.24, 2.45) is 5.92 Å². The lowest BCUT2D eigenvalue weighted by molar-refractivity contribution is -0.141. The third-order valence-electron chi connectivity index (χ3n) is 3.67. The van der Waals surface area contributed by atoms with E-state index >= 15 is 0 Å². The summed E-state index contributed by atoms with van der Waals surface area (Å²) in [7, 11) is -4.07. The smallest absolute Gasteiger partial charge is 0.405 e. The third kappa shape index (κ3) is 4.72. The highest BCUT2D eigenvalue weighted by Gasteiger charge is 2.35. The molecular weight excluding hydrogens is 369 g/mol. The van der Waals surface area contributed by atoms with E-state index in [-0.39, 0.29) is 25.9 Å². The van der Waals surface area contributed by atoms with Crippen LogP contribution in [0.25, 0.3) is 0 Å². The molecular formula is C13H15F3N2O6S. The molecule has 0 bridgehead atoms. The van der Waals surface area contributed by atoms with E-state index in [1.807, 2.05) is 0 Å². The van der Waals surface area contributed by atoms with E-state index in [4.69, 9.17) is 9.52 Å². The summed E-state index contributed by atoms with van der Waals surface area (Å²) in [6.07, 6.45) is -4.41. The Hall–Kier alpha value is -2.08. The van der Waals surface area contributed by atoms with E-state index in [1.54, 1.807) is 5.32 Å². The molecule has 0 atom stereocenters. The predicted octanol–water partition coefficient (Wildman–Crippen LogP) is 1.06. The van der Waals surface area contributed by atoms with Gasteiger partial charge in [0.15, 0.2) is 0 Å². The number of carbonyl (C=O) groups excluding carboxylic acids is 1. The molecule has 0 saturated carbocycles. The number of amides is 1. The van der Waals surface area contributed by atoms with E-state index < -0.39 is 51.4 Å². The van der Waals surface area contributed by atoms with Crippen LogP contribution in [0.1, 0.15) is 23.4 Å². The minimum atomic E-state index is -4.51. The first-order valence-electron chi connectivity index (χ1n) is 7.18. The lowest BCUT2D eigenvalue weighted by atomic mass is 9.97. The number of aromatic carboxylic acids is 1. The van der Waals surface area contributed by atoms with Crippen LogP contribution in [0, 0.1) is 5.92 Å². The summed E-state index contributed by atoms with van der Waals surface area (Å²) >= 11 is 0. The maximum Gasteiger partial charge on any atom is 0.405 e. The topological polar surface area (TPSA) is 117 Å². The fourth-order valence-electron chi connectivity index (χ4n) is 2.39. The molecule has 0 spiro atoms. The number of piperidine rings is 1. The van der Waals surface area contributed by atoms with Gasteiger partial charge in [0, 0.05) is 19.0 Å². The van der Waals surface area contributed by atoms with Crippen molar-refractivity contribution in [2.45, 2.75) is 24.1 Å². The van der Waals surface area contributed by atoms with Gasteiger partial charge in [0.2, 0.25) is 16.8 Å². The van der Waals surface area contributed by atoms with Crippen molar-refractivity contribution in [3.8, 4) is 0 Å². The second kappa shape index (κ2) is 7.04. The molecule has 1 aromatic rings. The van der Waals surface area contributed by atoms with Gasteiger partial charge >= 0.3 is 12.1 Å². The molecule has 0 aromatic carbocycles. The van der Waals surface area contributed by atoms with Crippen LogP contribution in [-0.4, -0.2) is 55.5 Å². The van der Waals surface area contributed by atoms with E-state index in [0.717, 1.165) is 16.4 Å². The molecule has 0 unspecified atom stereocenters. The van der Waals surface area contributed by atoms with Gasteiger partial charge in [-0.15, -0.1) is 0 Å². The van der Waals surface area contributed by atoms with Crippen molar-refractivity contribution in [3.05, 3.63) is 17.9 Å². The number of rotatable bonds is 5. The highest BCUT2D eigenvalue weighted by Crippen LogP contribution is 2.25. The zero-order chi connectivity index (χ0) is 18.8. The molecule has 1 aromatic heterocycles. The number of nitrogens with zero attached hydrogens (tertiary/aromatic N) is 1. The number of sulfonamides is 1. The Morgan fingerprint density at radius 2 is 1.88 bits per heavy atom. The lowest BCUT2D eigenvalue weighted by Crippen LogP contribution is -2.44. The van der Waals surface area contributed by atoms with E-state index in [2.05, 4.69) is 0 Å². The second-order valence-corrected chi connectivity index (χ2v) is 7.30. The van der Waals surface area contributed by atoms with Gasteiger partial charge < -0.3 is 14.8 Å². The molecule has 0 aliphatic carbocycles. The van der Waals surface area contributed by atoms with Crippen LogP contribution in [-0.2, 0) is 14.8 Å². The zero-order valence-corrected chi connectivity index (χ0v) is 13.6. The predicted molar refractivity (Wildman–Crippen MR) is 76.2 cm³/mol. The average molecular weight is 384 g/mol. The number of carboxylic acid groups (broad SMARTS) is 1. The molecule has 1 amide bonds. The minimum Gasteiger partial charge on any atom is -0.475 e. The molecule has 2 N–H and O–H groups in total. The Morgan fingerprint density at radius 3 is 2.36 bits per heavy atom. The van der Waals surface area contributed by atoms with E-state index in [9.17, 15) is 31.2 Å². The summed E-state index contributed by atoms with van der Waals surface area (Å²) in [5.74, 6) is -3.44. The molecule has 25 heavy (non-hydrogen) atoms. The Balaban J connectivity index is 1.96. The molecule has 12 heteroatoms. The highest BCUT2D eigenvalue weighted by molar-refractivity contribution is 7.89. The van der Waals surface area contributed by atoms with Crippen LogP contribution in [0.3, 0.4) is 0 Å². The Labute approximate surface area is 140 Å². The van der Waals surface area contributed by atoms with Gasteiger partial charge in [-0.2, -0.15) is 17.5 Å². The van der Waals surface area contributed by atoms with Crippen molar-refractivity contribution >= 4 is 21.9 Å². The lowest BCUT2D eigenvalue weighted by Gasteiger charge is -2.29. The molecule has 8 nitrogen and oxygen atoms in total. The van der Waals surface area contributed by atoms with E-state index in [1.165, 1.54) is 0 Å². The molecule has 0 radical (unpaired) electrons. The van der Waals surface area contributed by atoms with Gasteiger partial charge in [0.05, 0.1) is 0 Å². The summed E-state index contributed by atoms with van der Waals surface area (Å²) < 4.78 is 66.8. The molecule has 1 aliphatic heterocycles. The van der Waals surface area contributed by atoms with Crippen LogP contribution in [0.2, 0.25) is 0 Å². The zero-order valence-electron chi connectivity index (χ0n) is 12.7. The van der Waals surface area contributed by atoms with Crippen molar-refractivity contribution in [2.75, 3.05) is 19.6 Å². The first-order valence-corrected chi connectivity index (χ1v) is 8.62. The van der Waals surface area contributed by atoms with Gasteiger partial charge in [-0.1, -0.05) is 0 Å². The third-order valence-corrected chi connectivity index (χ3v) is 5.45. The molecule has 1 saturated heterocycles. The van der Waals surface area contributed by atoms with Gasteiger partial charge in [0.1, 0.15) is 6.54 Å². The van der Waals surface area contributed by atoms with Crippen LogP contribution in [0.4, 0.5) is 13.2 Å². The Morgan fingerprint density at radius 1 is 1.28 bits per heavy atom. The number of alkyl halides is 3. The van der Waals surface area contributed by atoms with E-state index in [0.29, 0.717) is 0 Å². The van der Waals surface area contributed by atoms with Crippen LogP contribution < -0.4 is 5.32 Å². The fraction of sp³-hybridized carbons (Fsp3) is 0.538. The molecule has 2 heterocycles. The van der Waals surface area contributed by atoms with Crippen LogP contribution in [0.15, 0.2) is 21.6 Å². The maximum absolute atomic E-state index is 12.3. The minimum absolute atomic E-state index is 0.0510. The van der Waals surface area contributed by atoms with Crippen molar-refractivity contribution in [1.29, 1.82) is 0 Å². The average Bonchev–Trinajstić information content (AvgIpc) is 3.03. The van der Waals surface area contributed by atoms with Crippen LogP contribution >= 0.6 is 0 Å². The van der Waals surface area contributed by atoms with Crippen molar-refractivity contribution in [1.82, 2.24) is 9.62 Å². The Bertz CT molecular complexity index is 750. The monoisotopic (exact) mass is 384 g/mol. The first kappa shape index (κ1) is 19.2. The summed E-state index contributed by atoms with van der Waals surface area (Å²) in [5.41, 5.74) is 0. The summed E-state index contributed by atoms with van der Waals surface area (Å²) in [5, 5.41) is 9.99. The van der Waals surface area contributed by atoms with Gasteiger partial charge in [0.25, 0.3) is 10.0 Å². The largest absolute Gasteiger partial charge is 0.475 e. The summed E-state index contributed by atoms with van der Waals surface area (Å²) in [6, 6.07) is 2.02. The normalized spacial score (nSPS) is 17.4. The van der Waals surface area contributed by atoms with Gasteiger partial charge in [-0.25, -0.2) is 13.2 Å². The molecule has 1 aliphatic rings. The number of halogens is 3.